The Morgan fingerprint density at radius 3 is 2.58 bits per heavy atom. The number of para-hydroxylation sites is 2. The molecular weight excluding hydrogens is 533 g/mol. The minimum Gasteiger partial charge on any atom is -0.471 e. The van der Waals surface area contributed by atoms with E-state index >= 15 is 0 Å². The summed E-state index contributed by atoms with van der Waals surface area (Å²) in [6.07, 6.45) is -4.81. The summed E-state index contributed by atoms with van der Waals surface area (Å²) >= 11 is 0. The van der Waals surface area contributed by atoms with Crippen LogP contribution in [0.25, 0.3) is 22.3 Å². The van der Waals surface area contributed by atoms with Crippen LogP contribution in [-0.4, -0.2) is 39.5 Å². The van der Waals surface area contributed by atoms with Crippen molar-refractivity contribution in [2.45, 2.75) is 26.1 Å². The predicted molar refractivity (Wildman–Crippen MR) is 139 cm³/mol. The zero-order chi connectivity index (χ0) is 29.0. The third-order valence-electron chi connectivity index (χ3n) is 5.65. The van der Waals surface area contributed by atoms with Gasteiger partial charge in [0.1, 0.15) is 0 Å². The Kier molecular flexibility index (Phi) is 7.93. The topological polar surface area (TPSA) is 126 Å². The molecule has 0 amide bonds. The number of benzene rings is 3. The van der Waals surface area contributed by atoms with Crippen molar-refractivity contribution in [2.75, 3.05) is 6.61 Å². The van der Waals surface area contributed by atoms with Crippen molar-refractivity contribution in [3.05, 3.63) is 98.3 Å². The number of hydrogen-bond donors (Lipinski definition) is 0. The molecule has 0 saturated heterocycles. The van der Waals surface area contributed by atoms with Crippen molar-refractivity contribution in [1.82, 2.24) is 9.66 Å². The number of ether oxygens (including phenoxy) is 2. The second-order valence-electron chi connectivity index (χ2n) is 8.36. The number of esters is 1. The molecule has 0 radical (unpaired) electrons. The Bertz CT molecular complexity index is 1680. The number of carbonyl (C=O) groups excluding carboxylic acids is 1. The average molecular weight is 554 g/mol. The Labute approximate surface area is 224 Å². The van der Waals surface area contributed by atoms with Gasteiger partial charge in [-0.1, -0.05) is 30.3 Å². The quantitative estimate of drug-likeness (QED) is 0.127. The maximum atomic E-state index is 13.4. The first-order valence-electron chi connectivity index (χ1n) is 11.9. The van der Waals surface area contributed by atoms with Crippen LogP contribution in [0.5, 0.6) is 5.75 Å². The third kappa shape index (κ3) is 5.82. The van der Waals surface area contributed by atoms with E-state index in [0.29, 0.717) is 0 Å². The van der Waals surface area contributed by atoms with E-state index in [1.54, 1.807) is 19.1 Å². The van der Waals surface area contributed by atoms with Crippen molar-refractivity contribution in [1.29, 1.82) is 0 Å². The number of rotatable bonds is 8. The number of carbonyl (C=O) groups is 1. The van der Waals surface area contributed by atoms with Gasteiger partial charge in [0.25, 0.3) is 5.56 Å². The number of halogens is 3. The number of aromatic nitrogens is 2. The van der Waals surface area contributed by atoms with Crippen molar-refractivity contribution < 1.29 is 32.4 Å². The van der Waals surface area contributed by atoms with E-state index < -0.39 is 40.0 Å². The molecule has 40 heavy (non-hydrogen) atoms. The van der Waals surface area contributed by atoms with Gasteiger partial charge >= 0.3 is 17.8 Å². The smallest absolute Gasteiger partial charge is 0.416 e. The highest BCUT2D eigenvalue weighted by Crippen LogP contribution is 2.33. The minimum atomic E-state index is -4.65. The van der Waals surface area contributed by atoms with Crippen LogP contribution < -0.4 is 10.3 Å². The molecule has 0 N–H and O–H groups in total. The fourth-order valence-electron chi connectivity index (χ4n) is 3.77. The fraction of sp³-hybridized carbons (Fsp3) is 0.185. The Morgan fingerprint density at radius 1 is 1.15 bits per heavy atom. The van der Waals surface area contributed by atoms with E-state index in [-0.39, 0.29) is 40.2 Å². The van der Waals surface area contributed by atoms with Crippen LogP contribution in [0, 0.1) is 10.1 Å². The lowest BCUT2D eigenvalue weighted by Gasteiger charge is -2.15. The molecule has 0 bridgehead atoms. The molecule has 0 spiro atoms. The zero-order valence-electron chi connectivity index (χ0n) is 21.1. The molecular formula is C27H21F3N4O6. The molecule has 0 saturated carbocycles. The molecule has 206 valence electrons. The molecule has 13 heteroatoms. The summed E-state index contributed by atoms with van der Waals surface area (Å²) in [4.78, 5) is 40.9. The summed E-state index contributed by atoms with van der Waals surface area (Å²) in [7, 11) is 0. The summed E-state index contributed by atoms with van der Waals surface area (Å²) < 4.78 is 51.5. The van der Waals surface area contributed by atoms with Gasteiger partial charge in [-0.05, 0) is 44.2 Å². The summed E-state index contributed by atoms with van der Waals surface area (Å²) in [6.45, 7) is 3.00. The van der Waals surface area contributed by atoms with Crippen molar-refractivity contribution in [3.8, 4) is 17.1 Å². The summed E-state index contributed by atoms with van der Waals surface area (Å²) in [5.74, 6) is -1.27. The Morgan fingerprint density at radius 2 is 1.88 bits per heavy atom. The van der Waals surface area contributed by atoms with Gasteiger partial charge in [0.05, 0.1) is 34.2 Å². The van der Waals surface area contributed by atoms with Gasteiger partial charge in [-0.3, -0.25) is 14.9 Å². The number of nitro groups is 1. The second-order valence-corrected chi connectivity index (χ2v) is 8.36. The van der Waals surface area contributed by atoms with Crippen molar-refractivity contribution in [2.24, 2.45) is 5.10 Å². The number of alkyl halides is 3. The van der Waals surface area contributed by atoms with Crippen LogP contribution in [0.4, 0.5) is 18.9 Å². The molecule has 1 atom stereocenters. The summed E-state index contributed by atoms with van der Waals surface area (Å²) in [5, 5.41) is 16.0. The third-order valence-corrected chi connectivity index (χ3v) is 5.65. The molecule has 0 unspecified atom stereocenters. The number of nitro benzene ring substituents is 1. The SMILES string of the molecule is CCOC(=O)[C@@H](C)Oc1c(C=Nn2c(-c3cccc(C(F)(F)F)c3)nc3ccccc3c2=O)cccc1[N+](=O)[O-]. The lowest BCUT2D eigenvalue weighted by Crippen LogP contribution is -2.27. The predicted octanol–water partition coefficient (Wildman–Crippen LogP) is 5.20. The van der Waals surface area contributed by atoms with Gasteiger partial charge in [-0.2, -0.15) is 22.9 Å². The molecule has 1 aromatic heterocycles. The van der Waals surface area contributed by atoms with Gasteiger partial charge in [-0.25, -0.2) is 9.78 Å². The molecule has 0 aliphatic heterocycles. The minimum absolute atomic E-state index is 0.0143. The van der Waals surface area contributed by atoms with E-state index in [4.69, 9.17) is 9.47 Å². The number of nitrogens with zero attached hydrogens (tertiary/aromatic N) is 4. The van der Waals surface area contributed by atoms with Gasteiger partial charge in [0.15, 0.2) is 11.9 Å². The molecule has 0 fully saturated rings. The van der Waals surface area contributed by atoms with E-state index in [1.165, 1.54) is 43.3 Å². The average Bonchev–Trinajstić information content (AvgIpc) is 2.92. The van der Waals surface area contributed by atoms with E-state index in [0.717, 1.165) is 29.1 Å². The Hall–Kier alpha value is -5.07. The largest absolute Gasteiger partial charge is 0.471 e. The monoisotopic (exact) mass is 554 g/mol. The van der Waals surface area contributed by atoms with Crippen LogP contribution in [0.15, 0.2) is 76.6 Å². The van der Waals surface area contributed by atoms with Crippen molar-refractivity contribution in [3.63, 3.8) is 0 Å². The summed E-state index contributed by atoms with van der Waals surface area (Å²) in [5.41, 5.74) is -1.93. The first kappa shape index (κ1) is 28.0. The van der Waals surface area contributed by atoms with Gasteiger partial charge in [0.2, 0.25) is 5.75 Å². The van der Waals surface area contributed by atoms with Crippen LogP contribution in [0.2, 0.25) is 0 Å². The van der Waals surface area contributed by atoms with Crippen molar-refractivity contribution >= 4 is 28.8 Å². The maximum Gasteiger partial charge on any atom is 0.416 e. The standard InChI is InChI=1S/C27H21F3N4O6/c1-3-39-26(36)16(2)40-23-18(9-7-13-22(23)34(37)38)15-31-33-24(17-8-6-10-19(14-17)27(28,29)30)32-21-12-5-4-11-20(21)25(33)35/h4-16H,3H2,1-2H3/t16-/m1/s1. The zero-order valence-corrected chi connectivity index (χ0v) is 21.1. The molecule has 4 aromatic rings. The number of hydrogen-bond acceptors (Lipinski definition) is 8. The van der Waals surface area contributed by atoms with Gasteiger partial charge < -0.3 is 9.47 Å². The lowest BCUT2D eigenvalue weighted by atomic mass is 10.1. The van der Waals surface area contributed by atoms with Crippen LogP contribution >= 0.6 is 0 Å². The molecule has 4 rings (SSSR count). The highest BCUT2D eigenvalue weighted by Gasteiger charge is 2.31. The molecule has 0 aliphatic rings. The normalized spacial score (nSPS) is 12.4. The van der Waals surface area contributed by atoms with Crippen LogP contribution in [0.3, 0.4) is 0 Å². The van der Waals surface area contributed by atoms with E-state index in [2.05, 4.69) is 10.1 Å². The Balaban J connectivity index is 1.89. The van der Waals surface area contributed by atoms with Crippen LogP contribution in [-0.2, 0) is 15.7 Å². The van der Waals surface area contributed by atoms with E-state index in [1.807, 2.05) is 0 Å². The maximum absolute atomic E-state index is 13.4. The molecule has 10 nitrogen and oxygen atoms in total. The molecule has 3 aromatic carbocycles. The highest BCUT2D eigenvalue weighted by atomic mass is 19.4. The molecule has 1 heterocycles. The second kappa shape index (κ2) is 11.4. The fourth-order valence-corrected chi connectivity index (χ4v) is 3.77. The first-order chi connectivity index (χ1) is 19.0. The lowest BCUT2D eigenvalue weighted by molar-refractivity contribution is -0.386. The van der Waals surface area contributed by atoms with Gasteiger partial charge in [-0.15, -0.1) is 0 Å². The van der Waals surface area contributed by atoms with E-state index in [9.17, 15) is 32.9 Å². The van der Waals surface area contributed by atoms with Gasteiger partial charge in [0, 0.05) is 17.2 Å². The highest BCUT2D eigenvalue weighted by molar-refractivity contribution is 5.87. The van der Waals surface area contributed by atoms with Crippen LogP contribution in [0.1, 0.15) is 25.0 Å². The molecule has 0 aliphatic carbocycles. The summed E-state index contributed by atoms with van der Waals surface area (Å²) in [6, 6.07) is 14.4. The first-order valence-corrected chi connectivity index (χ1v) is 11.9. The number of fused-ring (bicyclic) bond motifs is 1.